The molecule has 0 atom stereocenters. The number of tetrazole rings is 1. The van der Waals surface area contributed by atoms with E-state index >= 15 is 0 Å². The molecule has 1 heterocycles. The van der Waals surface area contributed by atoms with Crippen LogP contribution < -0.4 is 5.73 Å². The van der Waals surface area contributed by atoms with Gasteiger partial charge < -0.3 is 10.5 Å². The van der Waals surface area contributed by atoms with Gasteiger partial charge in [-0.1, -0.05) is 0 Å². The maximum absolute atomic E-state index is 5.40. The Hall–Kier alpha value is -1.01. The number of hydrogen-bond acceptors (Lipinski definition) is 5. The summed E-state index contributed by atoms with van der Waals surface area (Å²) in [4.78, 5) is 0. The van der Waals surface area contributed by atoms with Crippen LogP contribution in [0.4, 0.5) is 0 Å². The highest BCUT2D eigenvalue weighted by atomic mass is 16.5. The predicted molar refractivity (Wildman–Crippen MR) is 47.1 cm³/mol. The van der Waals surface area contributed by atoms with E-state index in [1.165, 1.54) is 0 Å². The van der Waals surface area contributed by atoms with Gasteiger partial charge in [-0.05, 0) is 16.8 Å². The van der Waals surface area contributed by atoms with Crippen LogP contribution in [0.3, 0.4) is 0 Å². The van der Waals surface area contributed by atoms with Gasteiger partial charge in [0.25, 0.3) is 0 Å². The molecule has 6 heteroatoms. The zero-order chi connectivity index (χ0) is 9.52. The van der Waals surface area contributed by atoms with Gasteiger partial charge in [-0.15, -0.1) is 5.10 Å². The second-order valence-corrected chi connectivity index (χ2v) is 2.70. The third kappa shape index (κ3) is 3.08. The molecule has 0 unspecified atom stereocenters. The molecular weight excluding hydrogens is 170 g/mol. The number of nitrogens with two attached hydrogens (primary N) is 1. The van der Waals surface area contributed by atoms with Gasteiger partial charge in [0.15, 0.2) is 5.82 Å². The molecule has 1 aromatic heterocycles. The van der Waals surface area contributed by atoms with Crippen molar-refractivity contribution in [3.63, 3.8) is 0 Å². The minimum Gasteiger partial charge on any atom is -0.385 e. The van der Waals surface area contributed by atoms with Crippen LogP contribution in [0, 0.1) is 0 Å². The van der Waals surface area contributed by atoms with Gasteiger partial charge in [-0.2, -0.15) is 0 Å². The summed E-state index contributed by atoms with van der Waals surface area (Å²) < 4.78 is 6.67. The van der Waals surface area contributed by atoms with Gasteiger partial charge in [0.1, 0.15) is 0 Å². The summed E-state index contributed by atoms with van der Waals surface area (Å²) in [5.74, 6) is 0.877. The lowest BCUT2D eigenvalue weighted by atomic mass is 10.3. The van der Waals surface area contributed by atoms with Crippen molar-refractivity contribution in [3.05, 3.63) is 5.82 Å². The molecule has 1 aromatic rings. The highest BCUT2D eigenvalue weighted by Gasteiger charge is 2.03. The number of aromatic nitrogens is 4. The van der Waals surface area contributed by atoms with Gasteiger partial charge in [-0.3, -0.25) is 0 Å². The SMILES string of the molecule is COCCCc1nnnn1CCN. The molecule has 0 radical (unpaired) electrons. The van der Waals surface area contributed by atoms with E-state index in [-0.39, 0.29) is 0 Å². The molecule has 0 fully saturated rings. The average molecular weight is 185 g/mol. The Balaban J connectivity index is 2.40. The second kappa shape index (κ2) is 5.60. The van der Waals surface area contributed by atoms with E-state index in [2.05, 4.69) is 15.5 Å². The topological polar surface area (TPSA) is 78.9 Å². The quantitative estimate of drug-likeness (QED) is 0.588. The summed E-state index contributed by atoms with van der Waals surface area (Å²) in [6, 6.07) is 0. The number of hydrogen-bond donors (Lipinski definition) is 1. The average Bonchev–Trinajstić information content (AvgIpc) is 2.54. The van der Waals surface area contributed by atoms with Gasteiger partial charge in [0.05, 0.1) is 6.54 Å². The standard InChI is InChI=1S/C7H15N5O/c1-13-6-2-3-7-9-10-11-12(7)5-4-8/h2-6,8H2,1H3. The molecule has 0 aromatic carbocycles. The van der Waals surface area contributed by atoms with Crippen LogP contribution in [0.5, 0.6) is 0 Å². The Bertz CT molecular complexity index is 237. The molecule has 13 heavy (non-hydrogen) atoms. The van der Waals surface area contributed by atoms with E-state index < -0.39 is 0 Å². The van der Waals surface area contributed by atoms with Crippen molar-refractivity contribution >= 4 is 0 Å². The lowest BCUT2D eigenvalue weighted by molar-refractivity contribution is 0.194. The monoisotopic (exact) mass is 185 g/mol. The molecule has 0 saturated heterocycles. The lowest BCUT2D eigenvalue weighted by Gasteiger charge is -2.01. The van der Waals surface area contributed by atoms with E-state index in [1.807, 2.05) is 0 Å². The van der Waals surface area contributed by atoms with Crippen LogP contribution in [0.1, 0.15) is 12.2 Å². The fourth-order valence-electron chi connectivity index (χ4n) is 1.07. The zero-order valence-electron chi connectivity index (χ0n) is 7.81. The first-order valence-corrected chi connectivity index (χ1v) is 4.32. The molecule has 0 bridgehead atoms. The fourth-order valence-corrected chi connectivity index (χ4v) is 1.07. The third-order valence-electron chi connectivity index (χ3n) is 1.70. The van der Waals surface area contributed by atoms with Crippen LogP contribution in [-0.2, 0) is 17.7 Å². The van der Waals surface area contributed by atoms with Crippen LogP contribution in [-0.4, -0.2) is 40.5 Å². The van der Waals surface area contributed by atoms with Gasteiger partial charge in [0, 0.05) is 26.7 Å². The van der Waals surface area contributed by atoms with E-state index in [1.54, 1.807) is 11.8 Å². The van der Waals surface area contributed by atoms with E-state index in [9.17, 15) is 0 Å². The van der Waals surface area contributed by atoms with E-state index in [0.717, 1.165) is 25.3 Å². The Morgan fingerprint density at radius 2 is 2.38 bits per heavy atom. The van der Waals surface area contributed by atoms with Crippen molar-refractivity contribution < 1.29 is 4.74 Å². The molecule has 0 aliphatic carbocycles. The van der Waals surface area contributed by atoms with Crippen LogP contribution in [0.15, 0.2) is 0 Å². The van der Waals surface area contributed by atoms with Crippen molar-refractivity contribution in [1.82, 2.24) is 20.2 Å². The summed E-state index contributed by atoms with van der Waals surface area (Å²) in [6.45, 7) is 1.97. The smallest absolute Gasteiger partial charge is 0.151 e. The van der Waals surface area contributed by atoms with E-state index in [4.69, 9.17) is 10.5 Å². The lowest BCUT2D eigenvalue weighted by Crippen LogP contribution is -2.14. The summed E-state index contributed by atoms with van der Waals surface area (Å²) in [5, 5.41) is 11.3. The molecule has 0 amide bonds. The van der Waals surface area contributed by atoms with Gasteiger partial charge in [0.2, 0.25) is 0 Å². The number of rotatable bonds is 6. The predicted octanol–water partition coefficient (Wildman–Crippen LogP) is -0.789. The second-order valence-electron chi connectivity index (χ2n) is 2.70. The summed E-state index contributed by atoms with van der Waals surface area (Å²) in [6.07, 6.45) is 1.77. The number of nitrogens with zero attached hydrogens (tertiary/aromatic N) is 4. The summed E-state index contributed by atoms with van der Waals surface area (Å²) in [7, 11) is 1.68. The summed E-state index contributed by atoms with van der Waals surface area (Å²) >= 11 is 0. The van der Waals surface area contributed by atoms with Crippen molar-refractivity contribution in [1.29, 1.82) is 0 Å². The first-order chi connectivity index (χ1) is 6.38. The Labute approximate surface area is 77.1 Å². The number of aryl methyl sites for hydroxylation is 1. The molecule has 0 spiro atoms. The molecule has 1 rings (SSSR count). The Morgan fingerprint density at radius 1 is 1.54 bits per heavy atom. The highest BCUT2D eigenvalue weighted by molar-refractivity contribution is 4.80. The molecule has 74 valence electrons. The maximum Gasteiger partial charge on any atom is 0.151 e. The third-order valence-corrected chi connectivity index (χ3v) is 1.70. The Morgan fingerprint density at radius 3 is 3.08 bits per heavy atom. The van der Waals surface area contributed by atoms with Gasteiger partial charge >= 0.3 is 0 Å². The van der Waals surface area contributed by atoms with Crippen LogP contribution in [0.25, 0.3) is 0 Å². The normalized spacial score (nSPS) is 10.6. The minimum atomic E-state index is 0.558. The maximum atomic E-state index is 5.40. The van der Waals surface area contributed by atoms with Crippen molar-refractivity contribution in [3.8, 4) is 0 Å². The number of ether oxygens (including phenoxy) is 1. The van der Waals surface area contributed by atoms with Crippen molar-refractivity contribution in [2.24, 2.45) is 5.73 Å². The first-order valence-electron chi connectivity index (χ1n) is 4.32. The first kappa shape index (κ1) is 10.1. The molecule has 0 aliphatic heterocycles. The van der Waals surface area contributed by atoms with Crippen molar-refractivity contribution in [2.75, 3.05) is 20.3 Å². The van der Waals surface area contributed by atoms with Crippen LogP contribution in [0.2, 0.25) is 0 Å². The van der Waals surface area contributed by atoms with Gasteiger partial charge in [-0.25, -0.2) is 4.68 Å². The van der Waals surface area contributed by atoms with Crippen LogP contribution >= 0.6 is 0 Å². The fraction of sp³-hybridized carbons (Fsp3) is 0.857. The van der Waals surface area contributed by atoms with E-state index in [0.29, 0.717) is 13.1 Å². The minimum absolute atomic E-state index is 0.558. The molecule has 0 aliphatic rings. The molecule has 6 nitrogen and oxygen atoms in total. The largest absolute Gasteiger partial charge is 0.385 e. The highest BCUT2D eigenvalue weighted by Crippen LogP contribution is 1.96. The molecule has 2 N–H and O–H groups in total. The Kier molecular flexibility index (Phi) is 4.34. The molecular formula is C7H15N5O. The zero-order valence-corrected chi connectivity index (χ0v) is 7.81. The number of methoxy groups -OCH3 is 1. The molecule has 0 saturated carbocycles. The van der Waals surface area contributed by atoms with Crippen molar-refractivity contribution in [2.45, 2.75) is 19.4 Å². The summed E-state index contributed by atoms with van der Waals surface area (Å²) in [5.41, 5.74) is 5.40.